The summed E-state index contributed by atoms with van der Waals surface area (Å²) in [5, 5.41) is 7.59. The van der Waals surface area contributed by atoms with Crippen LogP contribution < -0.4 is 5.32 Å². The number of hydrogen-bond donors (Lipinski definition) is 1. The number of thiazole rings is 1. The van der Waals surface area contributed by atoms with E-state index in [1.165, 1.54) is 16.2 Å². The van der Waals surface area contributed by atoms with Crippen molar-refractivity contribution >= 4 is 40.7 Å². The molecule has 0 aromatic carbocycles. The zero-order valence-corrected chi connectivity index (χ0v) is 13.7. The van der Waals surface area contributed by atoms with Gasteiger partial charge in [-0.2, -0.15) is 5.10 Å². The van der Waals surface area contributed by atoms with E-state index < -0.39 is 0 Å². The Morgan fingerprint density at radius 1 is 1.27 bits per heavy atom. The van der Waals surface area contributed by atoms with Crippen molar-refractivity contribution in [3.8, 4) is 10.4 Å². The van der Waals surface area contributed by atoms with Gasteiger partial charge in [0.25, 0.3) is 5.91 Å². The molecule has 0 bridgehead atoms. The lowest BCUT2D eigenvalue weighted by Gasteiger charge is -1.90. The van der Waals surface area contributed by atoms with Crippen LogP contribution in [0.3, 0.4) is 0 Å². The third-order valence-corrected chi connectivity index (χ3v) is 5.04. The number of aromatic nitrogens is 3. The second-order valence-corrected chi connectivity index (χ2v) is 6.76. The van der Waals surface area contributed by atoms with E-state index in [4.69, 9.17) is 0 Å². The quantitative estimate of drug-likeness (QED) is 0.799. The number of carbonyl (C=O) groups excluding carboxylic acids is 1. The van der Waals surface area contributed by atoms with E-state index in [0.29, 0.717) is 4.88 Å². The Kier molecular flexibility index (Phi) is 4.17. The van der Waals surface area contributed by atoms with Crippen molar-refractivity contribution in [1.82, 2.24) is 20.1 Å². The maximum Gasteiger partial charge on any atom is 0.262 e. The van der Waals surface area contributed by atoms with Gasteiger partial charge in [-0.05, 0) is 24.3 Å². The molecule has 0 aliphatic rings. The van der Waals surface area contributed by atoms with Crippen LogP contribution in [0.4, 0.5) is 0 Å². The lowest BCUT2D eigenvalue weighted by atomic mass is 10.3. The summed E-state index contributed by atoms with van der Waals surface area (Å²) in [5.41, 5.74) is 1.11. The first-order valence-electron chi connectivity index (χ1n) is 6.60. The van der Waals surface area contributed by atoms with Crippen molar-refractivity contribution < 1.29 is 4.79 Å². The minimum absolute atomic E-state index is 0.105. The first-order chi connectivity index (χ1) is 10.7. The number of hydrogen-bond acceptors (Lipinski definition) is 5. The van der Waals surface area contributed by atoms with Gasteiger partial charge in [-0.1, -0.05) is 0 Å². The molecule has 5 nitrogen and oxygen atoms in total. The molecule has 3 aromatic heterocycles. The minimum atomic E-state index is -0.105. The molecule has 112 valence electrons. The highest BCUT2D eigenvalue weighted by molar-refractivity contribution is 7.16. The van der Waals surface area contributed by atoms with Crippen molar-refractivity contribution in [2.45, 2.75) is 0 Å². The number of rotatable bonds is 4. The van der Waals surface area contributed by atoms with Crippen LogP contribution in [-0.2, 0) is 7.05 Å². The zero-order valence-electron chi connectivity index (χ0n) is 12.1. The highest BCUT2D eigenvalue weighted by atomic mass is 32.1. The fourth-order valence-electron chi connectivity index (χ4n) is 1.89. The number of aryl methyl sites for hydroxylation is 1. The van der Waals surface area contributed by atoms with E-state index in [9.17, 15) is 4.79 Å². The maximum atomic E-state index is 11.5. The predicted octanol–water partition coefficient (Wildman–Crippen LogP) is 3.14. The van der Waals surface area contributed by atoms with E-state index in [-0.39, 0.29) is 5.91 Å². The van der Waals surface area contributed by atoms with Gasteiger partial charge >= 0.3 is 0 Å². The molecule has 0 fully saturated rings. The van der Waals surface area contributed by atoms with Gasteiger partial charge in [0.1, 0.15) is 9.88 Å². The average molecular weight is 330 g/mol. The fraction of sp³-hybridized carbons (Fsp3) is 0.133. The Morgan fingerprint density at radius 2 is 2.14 bits per heavy atom. The van der Waals surface area contributed by atoms with Crippen LogP contribution in [0.25, 0.3) is 22.6 Å². The largest absolute Gasteiger partial charge is 0.354 e. The highest BCUT2D eigenvalue weighted by Crippen LogP contribution is 2.29. The van der Waals surface area contributed by atoms with Crippen LogP contribution >= 0.6 is 22.7 Å². The molecule has 0 saturated carbocycles. The van der Waals surface area contributed by atoms with Crippen LogP contribution in [0.2, 0.25) is 0 Å². The van der Waals surface area contributed by atoms with Gasteiger partial charge in [0.15, 0.2) is 0 Å². The molecule has 7 heteroatoms. The molecule has 0 aliphatic heterocycles. The molecule has 0 spiro atoms. The monoisotopic (exact) mass is 330 g/mol. The van der Waals surface area contributed by atoms with Gasteiger partial charge in [-0.25, -0.2) is 4.98 Å². The molecular formula is C15H14N4OS2. The molecule has 0 aliphatic carbocycles. The van der Waals surface area contributed by atoms with Crippen LogP contribution in [-0.4, -0.2) is 27.7 Å². The molecule has 0 unspecified atom stereocenters. The minimum Gasteiger partial charge on any atom is -0.354 e. The summed E-state index contributed by atoms with van der Waals surface area (Å²) in [6.07, 6.45) is 9.39. The van der Waals surface area contributed by atoms with Crippen LogP contribution in [0.1, 0.15) is 19.6 Å². The van der Waals surface area contributed by atoms with Crippen LogP contribution in [0.15, 0.2) is 30.7 Å². The number of nitrogens with one attached hydrogen (secondary N) is 1. The Balaban J connectivity index is 1.74. The van der Waals surface area contributed by atoms with E-state index in [1.807, 2.05) is 31.6 Å². The topological polar surface area (TPSA) is 59.8 Å². The molecule has 0 radical (unpaired) electrons. The number of carbonyl (C=O) groups is 1. The first-order valence-corrected chi connectivity index (χ1v) is 8.24. The first kappa shape index (κ1) is 14.7. The standard InChI is InChI=1S/C15H14N4OS2/c1-16-15(20)13-8-17-14(22-13)6-4-11-3-5-12(21-11)10-7-18-19(2)9-10/h3-9H,1-2H3,(H,16,20)/b6-4+. The van der Waals surface area contributed by atoms with Crippen molar-refractivity contribution in [2.75, 3.05) is 7.05 Å². The molecule has 3 heterocycles. The van der Waals surface area contributed by atoms with E-state index >= 15 is 0 Å². The maximum absolute atomic E-state index is 11.5. The third kappa shape index (κ3) is 3.15. The van der Waals surface area contributed by atoms with Gasteiger partial charge in [-0.15, -0.1) is 22.7 Å². The smallest absolute Gasteiger partial charge is 0.262 e. The van der Waals surface area contributed by atoms with Crippen molar-refractivity contribution in [1.29, 1.82) is 0 Å². The van der Waals surface area contributed by atoms with E-state index in [0.717, 1.165) is 15.4 Å². The van der Waals surface area contributed by atoms with Gasteiger partial charge in [-0.3, -0.25) is 9.48 Å². The Bertz CT molecular complexity index is 828. The molecule has 3 aromatic rings. The summed E-state index contributed by atoms with van der Waals surface area (Å²) in [5.74, 6) is -0.105. The number of thiophene rings is 1. The molecule has 22 heavy (non-hydrogen) atoms. The van der Waals surface area contributed by atoms with Crippen LogP contribution in [0.5, 0.6) is 0 Å². The van der Waals surface area contributed by atoms with Crippen molar-refractivity contribution in [3.05, 3.63) is 45.5 Å². The molecule has 0 atom stereocenters. The Labute approximate surface area is 135 Å². The number of nitrogens with zero attached hydrogens (tertiary/aromatic N) is 3. The highest BCUT2D eigenvalue weighted by Gasteiger charge is 2.07. The van der Waals surface area contributed by atoms with Gasteiger partial charge in [0.2, 0.25) is 0 Å². The van der Waals surface area contributed by atoms with Crippen molar-refractivity contribution in [3.63, 3.8) is 0 Å². The Morgan fingerprint density at radius 3 is 2.86 bits per heavy atom. The SMILES string of the molecule is CNC(=O)c1cnc(/C=C/c2ccc(-c3cnn(C)c3)s2)s1. The summed E-state index contributed by atoms with van der Waals surface area (Å²) < 4.78 is 1.79. The molecule has 3 rings (SSSR count). The predicted molar refractivity (Wildman–Crippen MR) is 91.0 cm³/mol. The normalized spacial score (nSPS) is 11.2. The summed E-state index contributed by atoms with van der Waals surface area (Å²) >= 11 is 3.07. The summed E-state index contributed by atoms with van der Waals surface area (Å²) in [6, 6.07) is 4.15. The van der Waals surface area contributed by atoms with E-state index in [1.54, 1.807) is 29.3 Å². The zero-order chi connectivity index (χ0) is 15.5. The fourth-order valence-corrected chi connectivity index (χ4v) is 3.54. The molecule has 1 N–H and O–H groups in total. The molecule has 1 amide bonds. The van der Waals surface area contributed by atoms with Gasteiger partial charge in [0, 0.05) is 35.6 Å². The molecular weight excluding hydrogens is 316 g/mol. The lowest BCUT2D eigenvalue weighted by molar-refractivity contribution is 0.0967. The van der Waals surface area contributed by atoms with Crippen molar-refractivity contribution in [2.24, 2.45) is 7.05 Å². The summed E-state index contributed by atoms with van der Waals surface area (Å²) in [7, 11) is 3.52. The Hall–Kier alpha value is -2.25. The summed E-state index contributed by atoms with van der Waals surface area (Å²) in [6.45, 7) is 0. The molecule has 0 saturated heterocycles. The summed E-state index contributed by atoms with van der Waals surface area (Å²) in [4.78, 5) is 18.7. The second kappa shape index (κ2) is 6.25. The third-order valence-electron chi connectivity index (χ3n) is 2.98. The van der Waals surface area contributed by atoms with E-state index in [2.05, 4.69) is 27.5 Å². The average Bonchev–Trinajstić information content (AvgIpc) is 3.24. The lowest BCUT2D eigenvalue weighted by Crippen LogP contribution is -2.16. The number of amides is 1. The van der Waals surface area contributed by atoms with Gasteiger partial charge < -0.3 is 5.32 Å². The van der Waals surface area contributed by atoms with Crippen LogP contribution in [0, 0.1) is 0 Å². The second-order valence-electron chi connectivity index (χ2n) is 4.58. The van der Waals surface area contributed by atoms with Gasteiger partial charge in [0.05, 0.1) is 12.4 Å².